The Bertz CT molecular complexity index is 633. The highest BCUT2D eigenvalue weighted by Gasteiger charge is 2.29. The molecule has 1 heterocycles. The van der Waals surface area contributed by atoms with Crippen LogP contribution in [0.25, 0.3) is 0 Å². The minimum absolute atomic E-state index is 0.0276. The third-order valence-electron chi connectivity index (χ3n) is 4.83. The zero-order chi connectivity index (χ0) is 16.9. The van der Waals surface area contributed by atoms with Crippen molar-refractivity contribution in [2.45, 2.75) is 19.3 Å². The third kappa shape index (κ3) is 3.45. The van der Waals surface area contributed by atoms with E-state index < -0.39 is 0 Å². The molecule has 0 radical (unpaired) electrons. The maximum absolute atomic E-state index is 12.7. The highest BCUT2D eigenvalue weighted by molar-refractivity contribution is 5.97. The number of benzene rings is 1. The van der Waals surface area contributed by atoms with Gasteiger partial charge in [-0.2, -0.15) is 0 Å². The van der Waals surface area contributed by atoms with Gasteiger partial charge in [-0.3, -0.25) is 9.59 Å². The van der Waals surface area contributed by atoms with Crippen LogP contribution in [0.4, 0.5) is 0 Å². The van der Waals surface area contributed by atoms with Crippen LogP contribution in [0.15, 0.2) is 36.4 Å². The van der Waals surface area contributed by atoms with Crippen LogP contribution in [0.2, 0.25) is 0 Å². The molecule has 1 aliphatic carbocycles. The summed E-state index contributed by atoms with van der Waals surface area (Å²) in [6.07, 6.45) is 7.03. The molecule has 0 N–H and O–H groups in total. The van der Waals surface area contributed by atoms with Crippen LogP contribution in [0, 0.1) is 5.92 Å². The molecule has 2 aliphatic rings. The van der Waals surface area contributed by atoms with Gasteiger partial charge in [0.05, 0.1) is 12.7 Å². The van der Waals surface area contributed by atoms with Gasteiger partial charge in [-0.05, 0) is 31.4 Å². The lowest BCUT2D eigenvalue weighted by molar-refractivity contribution is -0.137. The number of allylic oxidation sites excluding steroid dienone is 2. The zero-order valence-corrected chi connectivity index (χ0v) is 14.1. The number of para-hydroxylation sites is 1. The van der Waals surface area contributed by atoms with Crippen molar-refractivity contribution in [2.24, 2.45) is 5.92 Å². The number of carbonyl (C=O) groups excluding carboxylic acids is 2. The number of amides is 2. The Labute approximate surface area is 142 Å². The van der Waals surface area contributed by atoms with Crippen LogP contribution < -0.4 is 4.74 Å². The summed E-state index contributed by atoms with van der Waals surface area (Å²) in [4.78, 5) is 29.0. The van der Waals surface area contributed by atoms with Gasteiger partial charge in [0.2, 0.25) is 5.91 Å². The first-order valence-corrected chi connectivity index (χ1v) is 8.57. The molecule has 1 aliphatic heterocycles. The van der Waals surface area contributed by atoms with Crippen molar-refractivity contribution in [3.05, 3.63) is 42.0 Å². The molecule has 3 rings (SSSR count). The normalized spacial score (nSPS) is 20.8. The second-order valence-corrected chi connectivity index (χ2v) is 6.30. The fraction of sp³-hybridized carbons (Fsp3) is 0.474. The lowest BCUT2D eigenvalue weighted by Crippen LogP contribution is -2.52. The van der Waals surface area contributed by atoms with Gasteiger partial charge in [-0.1, -0.05) is 24.3 Å². The molecule has 2 amide bonds. The molecule has 24 heavy (non-hydrogen) atoms. The highest BCUT2D eigenvalue weighted by Crippen LogP contribution is 2.23. The largest absolute Gasteiger partial charge is 0.496 e. The molecule has 0 aromatic heterocycles. The van der Waals surface area contributed by atoms with Crippen molar-refractivity contribution in [1.29, 1.82) is 0 Å². The van der Waals surface area contributed by atoms with Crippen molar-refractivity contribution >= 4 is 11.8 Å². The van der Waals surface area contributed by atoms with E-state index in [-0.39, 0.29) is 17.7 Å². The molecular weight excluding hydrogens is 304 g/mol. The Kier molecular flexibility index (Phi) is 5.18. The average Bonchev–Trinajstić information content (AvgIpc) is 2.67. The number of nitrogens with zero attached hydrogens (tertiary/aromatic N) is 2. The van der Waals surface area contributed by atoms with Crippen molar-refractivity contribution in [1.82, 2.24) is 9.80 Å². The lowest BCUT2D eigenvalue weighted by Gasteiger charge is -2.36. The molecule has 1 atom stereocenters. The first kappa shape index (κ1) is 16.6. The van der Waals surface area contributed by atoms with E-state index in [1.807, 2.05) is 21.9 Å². The summed E-state index contributed by atoms with van der Waals surface area (Å²) in [5, 5.41) is 0. The Morgan fingerprint density at radius 3 is 2.42 bits per heavy atom. The maximum atomic E-state index is 12.7. The van der Waals surface area contributed by atoms with Crippen molar-refractivity contribution in [3.8, 4) is 5.75 Å². The van der Waals surface area contributed by atoms with Crippen LogP contribution in [0.1, 0.15) is 29.6 Å². The Hall–Kier alpha value is -2.30. The van der Waals surface area contributed by atoms with Crippen molar-refractivity contribution in [2.75, 3.05) is 33.3 Å². The van der Waals surface area contributed by atoms with Crippen LogP contribution in [0.3, 0.4) is 0 Å². The summed E-state index contributed by atoms with van der Waals surface area (Å²) in [5.74, 6) is 0.922. The predicted octanol–water partition coefficient (Wildman–Crippen LogP) is 2.34. The van der Waals surface area contributed by atoms with E-state index in [2.05, 4.69) is 12.2 Å². The molecule has 128 valence electrons. The molecule has 5 heteroatoms. The van der Waals surface area contributed by atoms with E-state index in [0.717, 1.165) is 19.3 Å². The third-order valence-corrected chi connectivity index (χ3v) is 4.83. The van der Waals surface area contributed by atoms with E-state index in [4.69, 9.17) is 4.74 Å². The van der Waals surface area contributed by atoms with Crippen molar-refractivity contribution < 1.29 is 14.3 Å². The minimum Gasteiger partial charge on any atom is -0.496 e. The van der Waals surface area contributed by atoms with Crippen LogP contribution in [-0.4, -0.2) is 54.9 Å². The second-order valence-electron chi connectivity index (χ2n) is 6.30. The molecule has 0 unspecified atom stereocenters. The van der Waals surface area contributed by atoms with Gasteiger partial charge in [0.1, 0.15) is 5.75 Å². The van der Waals surface area contributed by atoms with E-state index in [9.17, 15) is 9.59 Å². The summed E-state index contributed by atoms with van der Waals surface area (Å²) < 4.78 is 5.28. The molecule has 0 bridgehead atoms. The molecular formula is C19H24N2O3. The number of carbonyl (C=O) groups is 2. The number of piperazine rings is 1. The average molecular weight is 328 g/mol. The van der Waals surface area contributed by atoms with E-state index in [1.165, 1.54) is 0 Å². The van der Waals surface area contributed by atoms with Gasteiger partial charge in [-0.25, -0.2) is 0 Å². The Balaban J connectivity index is 1.59. The molecule has 5 nitrogen and oxygen atoms in total. The van der Waals surface area contributed by atoms with Gasteiger partial charge in [-0.15, -0.1) is 0 Å². The van der Waals surface area contributed by atoms with Gasteiger partial charge in [0.15, 0.2) is 0 Å². The summed E-state index contributed by atoms with van der Waals surface area (Å²) in [6, 6.07) is 7.27. The first-order valence-electron chi connectivity index (χ1n) is 8.57. The van der Waals surface area contributed by atoms with Crippen LogP contribution in [-0.2, 0) is 4.79 Å². The fourth-order valence-corrected chi connectivity index (χ4v) is 3.40. The second kappa shape index (κ2) is 7.51. The number of rotatable bonds is 3. The van der Waals surface area contributed by atoms with Gasteiger partial charge < -0.3 is 14.5 Å². The standard InChI is InChI=1S/C19H24N2O3/c1-24-17-10-6-5-9-16(17)19(23)21-13-11-20(12-14-21)18(22)15-7-3-2-4-8-15/h2-3,5-6,9-10,15H,4,7-8,11-14H2,1H3/t15-/m0/s1. The highest BCUT2D eigenvalue weighted by atomic mass is 16.5. The minimum atomic E-state index is -0.0276. The number of ether oxygens (including phenoxy) is 1. The van der Waals surface area contributed by atoms with Crippen LogP contribution >= 0.6 is 0 Å². The molecule has 1 aromatic carbocycles. The Morgan fingerprint density at radius 2 is 1.75 bits per heavy atom. The first-order chi connectivity index (χ1) is 11.7. The summed E-state index contributed by atoms with van der Waals surface area (Å²) in [6.45, 7) is 2.37. The van der Waals surface area contributed by atoms with E-state index in [0.29, 0.717) is 37.5 Å². The molecule has 0 saturated carbocycles. The number of hydrogen-bond acceptors (Lipinski definition) is 3. The number of methoxy groups -OCH3 is 1. The SMILES string of the molecule is COc1ccccc1C(=O)N1CCN(C(=O)[C@H]2CC=CCC2)CC1. The molecule has 0 spiro atoms. The maximum Gasteiger partial charge on any atom is 0.257 e. The monoisotopic (exact) mass is 328 g/mol. The van der Waals surface area contributed by atoms with Gasteiger partial charge in [0, 0.05) is 32.1 Å². The van der Waals surface area contributed by atoms with E-state index in [1.54, 1.807) is 19.2 Å². The fourth-order valence-electron chi connectivity index (χ4n) is 3.40. The van der Waals surface area contributed by atoms with Gasteiger partial charge >= 0.3 is 0 Å². The van der Waals surface area contributed by atoms with Gasteiger partial charge in [0.25, 0.3) is 5.91 Å². The van der Waals surface area contributed by atoms with Crippen LogP contribution in [0.5, 0.6) is 5.75 Å². The molecule has 1 saturated heterocycles. The van der Waals surface area contributed by atoms with Crippen molar-refractivity contribution in [3.63, 3.8) is 0 Å². The lowest BCUT2D eigenvalue weighted by atomic mass is 9.93. The van der Waals surface area contributed by atoms with E-state index >= 15 is 0 Å². The summed E-state index contributed by atoms with van der Waals surface area (Å²) >= 11 is 0. The zero-order valence-electron chi connectivity index (χ0n) is 14.1. The summed E-state index contributed by atoms with van der Waals surface area (Å²) in [5.41, 5.74) is 0.581. The summed E-state index contributed by atoms with van der Waals surface area (Å²) in [7, 11) is 1.57. The number of hydrogen-bond donors (Lipinski definition) is 0. The Morgan fingerprint density at radius 1 is 1.04 bits per heavy atom. The predicted molar refractivity (Wildman–Crippen MR) is 92.0 cm³/mol. The smallest absolute Gasteiger partial charge is 0.257 e. The molecule has 1 aromatic rings. The topological polar surface area (TPSA) is 49.9 Å². The molecule has 1 fully saturated rings. The quantitative estimate of drug-likeness (QED) is 0.800.